The number of hydrogen-bond acceptors (Lipinski definition) is 5. The van der Waals surface area contributed by atoms with Gasteiger partial charge in [0.25, 0.3) is 11.6 Å². The first kappa shape index (κ1) is 18.6. The quantitative estimate of drug-likeness (QED) is 0.354. The van der Waals surface area contributed by atoms with Crippen molar-refractivity contribution < 1.29 is 19.2 Å². The van der Waals surface area contributed by atoms with Crippen molar-refractivity contribution in [1.29, 1.82) is 0 Å². The Morgan fingerprint density at radius 2 is 1.84 bits per heavy atom. The normalized spacial score (nSPS) is 15.4. The first-order valence-electron chi connectivity index (χ1n) is 8.43. The highest BCUT2D eigenvalue weighted by Crippen LogP contribution is 2.14. The Balaban J connectivity index is 1.82. The Kier molecular flexibility index (Phi) is 7.13. The maximum atomic E-state index is 12.1. The lowest BCUT2D eigenvalue weighted by atomic mass is 10.1. The van der Waals surface area contributed by atoms with Gasteiger partial charge in [0, 0.05) is 31.3 Å². The van der Waals surface area contributed by atoms with Gasteiger partial charge in [-0.3, -0.25) is 14.9 Å². The molecule has 0 N–H and O–H groups in total. The van der Waals surface area contributed by atoms with Crippen LogP contribution in [0.25, 0.3) is 6.08 Å². The third-order valence-corrected chi connectivity index (χ3v) is 4.04. The molecule has 1 fully saturated rings. The molecule has 1 aromatic carbocycles. The molecule has 25 heavy (non-hydrogen) atoms. The molecule has 7 heteroatoms. The summed E-state index contributed by atoms with van der Waals surface area (Å²) in [4.78, 5) is 35.8. The van der Waals surface area contributed by atoms with E-state index in [0.717, 1.165) is 25.7 Å². The minimum absolute atomic E-state index is 0.0530. The Labute approximate surface area is 146 Å². The molecule has 1 saturated heterocycles. The minimum Gasteiger partial charge on any atom is -0.452 e. The van der Waals surface area contributed by atoms with E-state index in [9.17, 15) is 19.7 Å². The molecule has 1 aliphatic heterocycles. The molecule has 2 rings (SSSR count). The van der Waals surface area contributed by atoms with Crippen LogP contribution in [0.3, 0.4) is 0 Å². The molecule has 7 nitrogen and oxygen atoms in total. The molecule has 1 heterocycles. The van der Waals surface area contributed by atoms with Crippen LogP contribution < -0.4 is 0 Å². The standard InChI is InChI=1S/C18H22N2O5/c21-17(19-11-4-2-1-3-5-12-19)14-25-18(22)10-9-15-7-6-8-16(13-15)20(23)24/h6-10,13H,1-5,11-12,14H2/b10-9+. The smallest absolute Gasteiger partial charge is 0.331 e. The van der Waals surface area contributed by atoms with E-state index < -0.39 is 10.9 Å². The number of nitro benzene ring substituents is 1. The number of carbonyl (C=O) groups excluding carboxylic acids is 2. The number of nitro groups is 1. The topological polar surface area (TPSA) is 89.7 Å². The van der Waals surface area contributed by atoms with Crippen molar-refractivity contribution in [1.82, 2.24) is 4.90 Å². The summed E-state index contributed by atoms with van der Waals surface area (Å²) >= 11 is 0. The van der Waals surface area contributed by atoms with Crippen molar-refractivity contribution in [3.63, 3.8) is 0 Å². The summed E-state index contributed by atoms with van der Waals surface area (Å²) < 4.78 is 4.98. The van der Waals surface area contributed by atoms with Gasteiger partial charge in [0.15, 0.2) is 6.61 Å². The molecule has 0 saturated carbocycles. The zero-order valence-electron chi connectivity index (χ0n) is 14.1. The fraction of sp³-hybridized carbons (Fsp3) is 0.444. The molecule has 1 aliphatic rings. The maximum Gasteiger partial charge on any atom is 0.331 e. The van der Waals surface area contributed by atoms with Gasteiger partial charge < -0.3 is 9.64 Å². The minimum atomic E-state index is -0.646. The highest BCUT2D eigenvalue weighted by Gasteiger charge is 2.16. The summed E-state index contributed by atoms with van der Waals surface area (Å²) in [5.74, 6) is -0.828. The van der Waals surface area contributed by atoms with Crippen LogP contribution >= 0.6 is 0 Å². The lowest BCUT2D eigenvalue weighted by Crippen LogP contribution is -2.36. The lowest BCUT2D eigenvalue weighted by Gasteiger charge is -2.24. The van der Waals surface area contributed by atoms with Gasteiger partial charge in [-0.2, -0.15) is 0 Å². The number of benzene rings is 1. The molecule has 0 spiro atoms. The van der Waals surface area contributed by atoms with Crippen LogP contribution in [0.1, 0.15) is 37.7 Å². The van der Waals surface area contributed by atoms with Crippen LogP contribution in [0.5, 0.6) is 0 Å². The average Bonchev–Trinajstić information content (AvgIpc) is 2.58. The average molecular weight is 346 g/mol. The van der Waals surface area contributed by atoms with E-state index in [2.05, 4.69) is 0 Å². The lowest BCUT2D eigenvalue weighted by molar-refractivity contribution is -0.384. The highest BCUT2D eigenvalue weighted by molar-refractivity contribution is 5.89. The van der Waals surface area contributed by atoms with Crippen molar-refractivity contribution >= 4 is 23.6 Å². The molecule has 134 valence electrons. The largest absolute Gasteiger partial charge is 0.452 e. The van der Waals surface area contributed by atoms with E-state index in [1.165, 1.54) is 36.8 Å². The van der Waals surface area contributed by atoms with Crippen LogP contribution in [-0.2, 0) is 14.3 Å². The zero-order valence-corrected chi connectivity index (χ0v) is 14.1. The summed E-state index contributed by atoms with van der Waals surface area (Å²) in [7, 11) is 0. The summed E-state index contributed by atoms with van der Waals surface area (Å²) in [6.45, 7) is 1.14. The van der Waals surface area contributed by atoms with Gasteiger partial charge in [-0.25, -0.2) is 4.79 Å². The molecule has 0 aliphatic carbocycles. The number of ether oxygens (including phenoxy) is 1. The van der Waals surface area contributed by atoms with Gasteiger partial charge in [-0.05, 0) is 24.5 Å². The predicted molar refractivity (Wildman–Crippen MR) is 92.8 cm³/mol. The fourth-order valence-corrected chi connectivity index (χ4v) is 2.68. The van der Waals surface area contributed by atoms with Gasteiger partial charge in [0.05, 0.1) is 4.92 Å². The summed E-state index contributed by atoms with van der Waals surface area (Å²) in [6.07, 6.45) is 8.00. The van der Waals surface area contributed by atoms with Crippen LogP contribution in [-0.4, -0.2) is 41.4 Å². The maximum absolute atomic E-state index is 12.1. The Hall–Kier alpha value is -2.70. The number of carbonyl (C=O) groups is 2. The molecule has 0 bridgehead atoms. The van der Waals surface area contributed by atoms with Crippen LogP contribution in [0.2, 0.25) is 0 Å². The number of hydrogen-bond donors (Lipinski definition) is 0. The van der Waals surface area contributed by atoms with E-state index in [1.54, 1.807) is 11.0 Å². The number of nitrogens with zero attached hydrogens (tertiary/aromatic N) is 2. The molecular formula is C18H22N2O5. The van der Waals surface area contributed by atoms with Gasteiger partial charge in [0.1, 0.15) is 0 Å². The zero-order chi connectivity index (χ0) is 18.1. The van der Waals surface area contributed by atoms with E-state index in [-0.39, 0.29) is 18.2 Å². The van der Waals surface area contributed by atoms with Gasteiger partial charge in [-0.1, -0.05) is 31.4 Å². The van der Waals surface area contributed by atoms with Crippen molar-refractivity contribution in [2.24, 2.45) is 0 Å². The first-order valence-corrected chi connectivity index (χ1v) is 8.43. The van der Waals surface area contributed by atoms with Crippen molar-refractivity contribution in [3.8, 4) is 0 Å². The number of esters is 1. The molecule has 0 aromatic heterocycles. The summed E-state index contributed by atoms with van der Waals surface area (Å²) in [5.41, 5.74) is 0.462. The predicted octanol–water partition coefficient (Wildman–Crippen LogP) is 2.94. The molecule has 0 unspecified atom stereocenters. The number of amides is 1. The Morgan fingerprint density at radius 1 is 1.16 bits per heavy atom. The first-order chi connectivity index (χ1) is 12.1. The van der Waals surface area contributed by atoms with E-state index in [1.807, 2.05) is 0 Å². The summed E-state index contributed by atoms with van der Waals surface area (Å²) in [5, 5.41) is 10.7. The van der Waals surface area contributed by atoms with Crippen LogP contribution in [0.4, 0.5) is 5.69 Å². The van der Waals surface area contributed by atoms with Crippen molar-refractivity contribution in [2.75, 3.05) is 19.7 Å². The SMILES string of the molecule is O=C(/C=C/c1cccc([N+](=O)[O-])c1)OCC(=O)N1CCCCCCC1. The molecule has 1 aromatic rings. The van der Waals surface area contributed by atoms with E-state index >= 15 is 0 Å². The fourth-order valence-electron chi connectivity index (χ4n) is 2.68. The van der Waals surface area contributed by atoms with Crippen LogP contribution in [0.15, 0.2) is 30.3 Å². The van der Waals surface area contributed by atoms with Gasteiger partial charge >= 0.3 is 5.97 Å². The van der Waals surface area contributed by atoms with E-state index in [4.69, 9.17) is 4.74 Å². The third-order valence-electron chi connectivity index (χ3n) is 4.04. The number of likely N-dealkylation sites (tertiary alicyclic amines) is 1. The number of non-ortho nitro benzene ring substituents is 1. The monoisotopic (exact) mass is 346 g/mol. The van der Waals surface area contributed by atoms with Crippen molar-refractivity contribution in [3.05, 3.63) is 46.0 Å². The van der Waals surface area contributed by atoms with E-state index in [0.29, 0.717) is 18.7 Å². The molecular weight excluding hydrogens is 324 g/mol. The molecule has 0 radical (unpaired) electrons. The van der Waals surface area contributed by atoms with Crippen LogP contribution in [0, 0.1) is 10.1 Å². The third kappa shape index (κ3) is 6.37. The van der Waals surface area contributed by atoms with Crippen molar-refractivity contribution in [2.45, 2.75) is 32.1 Å². The van der Waals surface area contributed by atoms with Gasteiger partial charge in [-0.15, -0.1) is 0 Å². The second-order valence-corrected chi connectivity index (χ2v) is 5.94. The second kappa shape index (κ2) is 9.56. The highest BCUT2D eigenvalue weighted by atomic mass is 16.6. The second-order valence-electron chi connectivity index (χ2n) is 5.94. The molecule has 0 atom stereocenters. The Morgan fingerprint density at radius 3 is 2.52 bits per heavy atom. The Bertz CT molecular complexity index is 649. The molecule has 1 amide bonds. The summed E-state index contributed by atoms with van der Waals surface area (Å²) in [6, 6.07) is 5.91. The number of rotatable bonds is 5. The van der Waals surface area contributed by atoms with Gasteiger partial charge in [0.2, 0.25) is 0 Å².